The van der Waals surface area contributed by atoms with Gasteiger partial charge in [0.2, 0.25) is 0 Å². The van der Waals surface area contributed by atoms with Crippen LogP contribution in [0.3, 0.4) is 0 Å². The Morgan fingerprint density at radius 1 is 0.418 bits per heavy atom. The van der Waals surface area contributed by atoms with E-state index in [9.17, 15) is 0 Å². The van der Waals surface area contributed by atoms with Gasteiger partial charge in [-0.05, 0) is 130 Å². The highest BCUT2D eigenvalue weighted by Crippen LogP contribution is 2.65. The van der Waals surface area contributed by atoms with E-state index in [4.69, 9.17) is 0 Å². The maximum atomic E-state index is 2.73. The van der Waals surface area contributed by atoms with Crippen molar-refractivity contribution < 1.29 is 0 Å². The van der Waals surface area contributed by atoms with E-state index >= 15 is 0 Å². The average molecular weight is 850 g/mol. The van der Waals surface area contributed by atoms with Crippen molar-refractivity contribution in [3.8, 4) is 44.5 Å². The number of benzene rings is 9. The van der Waals surface area contributed by atoms with Gasteiger partial charge in [0.1, 0.15) is 0 Å². The van der Waals surface area contributed by atoms with Crippen LogP contribution in [0.2, 0.25) is 0 Å². The fourth-order valence-electron chi connectivity index (χ4n) is 12.0. The maximum Gasteiger partial charge on any atom is 0.0803 e. The second-order valence-electron chi connectivity index (χ2n) is 18.3. The molecule has 1 nitrogen and oxygen atoms in total. The molecule has 0 fully saturated rings. The van der Waals surface area contributed by atoms with Crippen LogP contribution in [0.1, 0.15) is 33.4 Å². The van der Waals surface area contributed by atoms with Crippen LogP contribution in [-0.2, 0) is 6.42 Å². The van der Waals surface area contributed by atoms with Crippen molar-refractivity contribution in [3.63, 3.8) is 0 Å². The van der Waals surface area contributed by atoms with Gasteiger partial charge in [-0.25, -0.2) is 0 Å². The fourth-order valence-corrected chi connectivity index (χ4v) is 12.0. The molecule has 0 radical (unpaired) electrons. The number of nitrogens with zero attached hydrogens (tertiary/aromatic N) is 1. The molecule has 0 N–H and O–H groups in total. The topological polar surface area (TPSA) is 3.24 Å². The van der Waals surface area contributed by atoms with Gasteiger partial charge in [0.25, 0.3) is 0 Å². The van der Waals surface area contributed by atoms with Crippen LogP contribution in [-0.4, -0.2) is 0 Å². The molecular formula is C66H43N. The Morgan fingerprint density at radius 2 is 1.00 bits per heavy atom. The largest absolute Gasteiger partial charge is 0.311 e. The van der Waals surface area contributed by atoms with Crippen LogP contribution in [0.4, 0.5) is 11.4 Å². The molecule has 0 aromatic heterocycles. The predicted octanol–water partition coefficient (Wildman–Crippen LogP) is 17.0. The Labute approximate surface area is 391 Å². The number of hydrogen-bond acceptors (Lipinski definition) is 1. The molecule has 0 bridgehead atoms. The van der Waals surface area contributed by atoms with E-state index in [0.29, 0.717) is 0 Å². The molecule has 312 valence electrons. The van der Waals surface area contributed by atoms with Crippen LogP contribution in [0.15, 0.2) is 253 Å². The Balaban J connectivity index is 1.16. The molecule has 5 aliphatic rings. The summed E-state index contributed by atoms with van der Waals surface area (Å²) >= 11 is 0. The lowest BCUT2D eigenvalue weighted by atomic mass is 9.63. The van der Waals surface area contributed by atoms with Gasteiger partial charge in [0, 0.05) is 23.2 Å². The van der Waals surface area contributed by atoms with Gasteiger partial charge < -0.3 is 4.90 Å². The highest BCUT2D eigenvalue weighted by atomic mass is 15.2. The Kier molecular flexibility index (Phi) is 8.33. The Hall–Kier alpha value is -8.52. The van der Waals surface area contributed by atoms with Crippen LogP contribution < -0.4 is 4.90 Å². The maximum absolute atomic E-state index is 2.73. The van der Waals surface area contributed by atoms with Crippen LogP contribution in [0.5, 0.6) is 0 Å². The van der Waals surface area contributed by atoms with Gasteiger partial charge in [-0.3, -0.25) is 0 Å². The van der Waals surface area contributed by atoms with Crippen molar-refractivity contribution in [2.45, 2.75) is 6.42 Å². The van der Waals surface area contributed by atoms with Gasteiger partial charge in [0.15, 0.2) is 0 Å². The number of fused-ring (bicyclic) bond motifs is 12. The zero-order valence-electron chi connectivity index (χ0n) is 36.8. The van der Waals surface area contributed by atoms with Crippen molar-refractivity contribution in [3.05, 3.63) is 287 Å². The van der Waals surface area contributed by atoms with Gasteiger partial charge in [-0.2, -0.15) is 0 Å². The molecule has 9 aromatic rings. The molecule has 0 amide bonds. The number of para-hydroxylation sites is 1. The second kappa shape index (κ2) is 14.8. The van der Waals surface area contributed by atoms with E-state index in [2.05, 4.69) is 254 Å². The number of anilines is 2. The summed E-state index contributed by atoms with van der Waals surface area (Å²) in [6.45, 7) is 0. The van der Waals surface area contributed by atoms with Crippen molar-refractivity contribution >= 4 is 45.4 Å². The minimum atomic E-state index is -0.687. The summed E-state index contributed by atoms with van der Waals surface area (Å²) in [5.74, 6) is 0. The summed E-state index contributed by atoms with van der Waals surface area (Å²) in [6, 6.07) is 76.4. The number of rotatable bonds is 6. The van der Waals surface area contributed by atoms with Crippen LogP contribution in [0.25, 0.3) is 78.6 Å². The van der Waals surface area contributed by atoms with Crippen LogP contribution in [0, 0.1) is 5.41 Å². The second-order valence-corrected chi connectivity index (χ2v) is 18.3. The molecule has 0 saturated carbocycles. The first-order valence-corrected chi connectivity index (χ1v) is 23.5. The summed E-state index contributed by atoms with van der Waals surface area (Å²) in [5, 5.41) is 2.46. The molecule has 14 rings (SSSR count). The van der Waals surface area contributed by atoms with Gasteiger partial charge in [-0.15, -0.1) is 0 Å². The fraction of sp³-hybridized carbons (Fsp3) is 0.0303. The quantitative estimate of drug-likeness (QED) is 0.161. The molecule has 0 aliphatic heterocycles. The summed E-state index contributed by atoms with van der Waals surface area (Å²) in [5.41, 5.74) is 25.6. The molecule has 1 atom stereocenters. The van der Waals surface area contributed by atoms with E-state index in [1.807, 2.05) is 0 Å². The number of hydrogen-bond donors (Lipinski definition) is 0. The zero-order chi connectivity index (χ0) is 44.1. The van der Waals surface area contributed by atoms with Gasteiger partial charge in [-0.1, -0.05) is 218 Å². The highest BCUT2D eigenvalue weighted by molar-refractivity contribution is 6.10. The first kappa shape index (κ1) is 37.8. The molecule has 67 heavy (non-hydrogen) atoms. The summed E-state index contributed by atoms with van der Waals surface area (Å²) in [4.78, 5) is 2.73. The van der Waals surface area contributed by atoms with Crippen molar-refractivity contribution in [1.82, 2.24) is 0 Å². The van der Waals surface area contributed by atoms with Gasteiger partial charge >= 0.3 is 0 Å². The Morgan fingerprint density at radius 3 is 1.76 bits per heavy atom. The van der Waals surface area contributed by atoms with Gasteiger partial charge in [0.05, 0.1) is 16.8 Å². The van der Waals surface area contributed by atoms with Crippen molar-refractivity contribution in [2.24, 2.45) is 5.41 Å². The molecule has 1 unspecified atom stereocenters. The third-order valence-corrected chi connectivity index (χ3v) is 14.9. The van der Waals surface area contributed by atoms with E-state index in [1.165, 1.54) is 122 Å². The molecule has 5 aliphatic carbocycles. The first-order valence-electron chi connectivity index (χ1n) is 23.5. The summed E-state index contributed by atoms with van der Waals surface area (Å²) in [7, 11) is 0. The van der Waals surface area contributed by atoms with E-state index in [1.54, 1.807) is 0 Å². The third kappa shape index (κ3) is 5.55. The first-order chi connectivity index (χ1) is 33.2. The summed E-state index contributed by atoms with van der Waals surface area (Å²) in [6.07, 6.45) is 17.9. The van der Waals surface area contributed by atoms with Crippen molar-refractivity contribution in [2.75, 3.05) is 4.90 Å². The lowest BCUT2D eigenvalue weighted by Crippen LogP contribution is -2.38. The smallest absolute Gasteiger partial charge is 0.0803 e. The average Bonchev–Trinajstić information content (AvgIpc) is 4.10. The molecule has 1 spiro atoms. The lowest BCUT2D eigenvalue weighted by molar-refractivity contribution is 0.676. The molecule has 0 heterocycles. The lowest BCUT2D eigenvalue weighted by Gasteiger charge is -2.47. The Bertz CT molecular complexity index is 3730. The highest BCUT2D eigenvalue weighted by Gasteiger charge is 2.51. The van der Waals surface area contributed by atoms with E-state index in [0.717, 1.165) is 12.1 Å². The molecule has 1 heteroatoms. The number of allylic oxidation sites excluding steroid dienone is 7. The SMILES string of the molecule is C1=CC2(C3=Cc4ccccc4C3=C1)C1=Cc3ccccc3C1=CC=C2N(c1ccccc1-c1cccc2ccccc12)c1c2c(cc(-c3ccccc3)c1-c1ccccc1)-c1ccccc1C2. The van der Waals surface area contributed by atoms with E-state index in [-0.39, 0.29) is 0 Å². The minimum Gasteiger partial charge on any atom is -0.311 e. The third-order valence-electron chi connectivity index (χ3n) is 14.9. The minimum absolute atomic E-state index is 0.687. The normalized spacial score (nSPS) is 16.7. The van der Waals surface area contributed by atoms with Crippen molar-refractivity contribution in [1.29, 1.82) is 0 Å². The van der Waals surface area contributed by atoms with Crippen LogP contribution >= 0.6 is 0 Å². The predicted molar refractivity (Wildman–Crippen MR) is 282 cm³/mol. The molecule has 0 saturated heterocycles. The monoisotopic (exact) mass is 849 g/mol. The zero-order valence-corrected chi connectivity index (χ0v) is 36.8. The molecular weight excluding hydrogens is 807 g/mol. The van der Waals surface area contributed by atoms with E-state index < -0.39 is 5.41 Å². The standard InChI is InChI=1S/C66H43N/c1-3-19-44(20-4-1)57-42-58-52-31-14-8-24-46(52)39-59(58)65(64(57)45-22-5-2-6-23-45)67(62-35-16-15-32-56(62)53-33-17-27-43-21-7-11-28-49(43)53)63-37-36-55-51-30-13-10-26-48(51)41-61(55)66(63)38-18-34-54-50-29-12-9-25-47(50)40-60(54)66/h1-38,40-42H,39H2. The summed E-state index contributed by atoms with van der Waals surface area (Å²) < 4.78 is 0. The molecule has 9 aromatic carbocycles.